The summed E-state index contributed by atoms with van der Waals surface area (Å²) < 4.78 is 5.00. The zero-order chi connectivity index (χ0) is 15.8. The number of hydrogen-bond donors (Lipinski definition) is 2. The van der Waals surface area contributed by atoms with E-state index in [2.05, 4.69) is 5.32 Å². The van der Waals surface area contributed by atoms with Crippen molar-refractivity contribution < 1.29 is 19.6 Å². The minimum absolute atomic E-state index is 0.0461. The number of ether oxygens (including phenoxy) is 1. The first kappa shape index (κ1) is 16.9. The Morgan fingerprint density at radius 2 is 2.24 bits per heavy atom. The minimum atomic E-state index is -0.587. The van der Waals surface area contributed by atoms with Crippen LogP contribution in [-0.4, -0.2) is 36.2 Å². The number of benzene rings is 1. The Kier molecular flexibility index (Phi) is 6.61. The first-order valence-corrected chi connectivity index (χ1v) is 6.75. The summed E-state index contributed by atoms with van der Waals surface area (Å²) in [6.45, 7) is 2.44. The normalized spacial score (nSPS) is 11.8. The fourth-order valence-corrected chi connectivity index (χ4v) is 2.03. The summed E-state index contributed by atoms with van der Waals surface area (Å²) in [5.41, 5.74) is -0.113. The summed E-state index contributed by atoms with van der Waals surface area (Å²) >= 11 is 0. The smallest absolute Gasteiger partial charge is 0.311 e. The predicted molar refractivity (Wildman–Crippen MR) is 77.5 cm³/mol. The van der Waals surface area contributed by atoms with Crippen LogP contribution >= 0.6 is 0 Å². The van der Waals surface area contributed by atoms with Crippen molar-refractivity contribution in [3.05, 3.63) is 33.9 Å². The number of aliphatic hydroxyl groups is 1. The predicted octanol–water partition coefficient (Wildman–Crippen LogP) is 1.74. The van der Waals surface area contributed by atoms with Crippen molar-refractivity contribution in [2.45, 2.75) is 19.8 Å². The molecule has 0 spiro atoms. The van der Waals surface area contributed by atoms with E-state index in [0.29, 0.717) is 13.0 Å². The molecule has 0 saturated heterocycles. The molecule has 0 fully saturated rings. The lowest BCUT2D eigenvalue weighted by Gasteiger charge is -2.15. The SMILES string of the molecule is CCC(CCO)CNC(=O)c1cccc([N+](=O)[O-])c1OC. The van der Waals surface area contributed by atoms with Crippen molar-refractivity contribution in [1.82, 2.24) is 5.32 Å². The van der Waals surface area contributed by atoms with Crippen molar-refractivity contribution in [2.75, 3.05) is 20.3 Å². The van der Waals surface area contributed by atoms with E-state index in [1.165, 1.54) is 25.3 Å². The topological polar surface area (TPSA) is 102 Å². The Bertz CT molecular complexity index is 504. The van der Waals surface area contributed by atoms with Crippen LogP contribution in [0.5, 0.6) is 5.75 Å². The van der Waals surface area contributed by atoms with Gasteiger partial charge in [-0.25, -0.2) is 0 Å². The first-order chi connectivity index (χ1) is 10.0. The summed E-state index contributed by atoms with van der Waals surface area (Å²) in [7, 11) is 1.29. The minimum Gasteiger partial charge on any atom is -0.490 e. The number of para-hydroxylation sites is 1. The number of carbonyl (C=O) groups excluding carboxylic acids is 1. The third kappa shape index (κ3) is 4.42. The molecule has 0 aromatic heterocycles. The van der Waals surface area contributed by atoms with Crippen LogP contribution in [0.1, 0.15) is 30.1 Å². The molecule has 0 radical (unpaired) electrons. The number of nitrogens with one attached hydrogen (secondary N) is 1. The number of methoxy groups -OCH3 is 1. The monoisotopic (exact) mass is 296 g/mol. The van der Waals surface area contributed by atoms with Gasteiger partial charge in [0.05, 0.1) is 17.6 Å². The molecule has 116 valence electrons. The maximum atomic E-state index is 12.1. The molecule has 21 heavy (non-hydrogen) atoms. The van der Waals surface area contributed by atoms with E-state index in [9.17, 15) is 14.9 Å². The molecule has 1 aromatic carbocycles. The van der Waals surface area contributed by atoms with Crippen LogP contribution in [0.4, 0.5) is 5.69 Å². The number of hydrogen-bond acceptors (Lipinski definition) is 5. The third-order valence-corrected chi connectivity index (χ3v) is 3.31. The molecule has 0 aliphatic carbocycles. The average molecular weight is 296 g/mol. The van der Waals surface area contributed by atoms with Gasteiger partial charge >= 0.3 is 5.69 Å². The van der Waals surface area contributed by atoms with Gasteiger partial charge < -0.3 is 15.2 Å². The summed E-state index contributed by atoms with van der Waals surface area (Å²) in [6, 6.07) is 4.21. The molecular weight excluding hydrogens is 276 g/mol. The molecule has 0 aliphatic rings. The van der Waals surface area contributed by atoms with E-state index in [4.69, 9.17) is 9.84 Å². The highest BCUT2D eigenvalue weighted by atomic mass is 16.6. The van der Waals surface area contributed by atoms with Gasteiger partial charge in [-0.15, -0.1) is 0 Å². The number of aliphatic hydroxyl groups excluding tert-OH is 1. The van der Waals surface area contributed by atoms with Gasteiger partial charge in [0.25, 0.3) is 5.91 Å². The molecule has 0 heterocycles. The van der Waals surface area contributed by atoms with Gasteiger partial charge in [0.15, 0.2) is 0 Å². The number of rotatable bonds is 8. The molecule has 1 aromatic rings. The summed E-state index contributed by atoms with van der Waals surface area (Å²) in [4.78, 5) is 22.5. The largest absolute Gasteiger partial charge is 0.490 e. The summed E-state index contributed by atoms with van der Waals surface area (Å²) in [5, 5.41) is 22.6. The van der Waals surface area contributed by atoms with Crippen molar-refractivity contribution in [2.24, 2.45) is 5.92 Å². The number of amides is 1. The van der Waals surface area contributed by atoms with Crippen LogP contribution in [0, 0.1) is 16.0 Å². The highest BCUT2D eigenvalue weighted by Crippen LogP contribution is 2.30. The molecule has 2 N–H and O–H groups in total. The number of carbonyl (C=O) groups is 1. The molecule has 1 unspecified atom stereocenters. The van der Waals surface area contributed by atoms with Crippen molar-refractivity contribution in [3.63, 3.8) is 0 Å². The van der Waals surface area contributed by atoms with Gasteiger partial charge in [0.1, 0.15) is 0 Å². The van der Waals surface area contributed by atoms with Gasteiger partial charge in [0, 0.05) is 19.2 Å². The Morgan fingerprint density at radius 1 is 1.52 bits per heavy atom. The van der Waals surface area contributed by atoms with Gasteiger partial charge in [-0.2, -0.15) is 0 Å². The Hall–Kier alpha value is -2.15. The highest BCUT2D eigenvalue weighted by Gasteiger charge is 2.22. The zero-order valence-corrected chi connectivity index (χ0v) is 12.2. The molecule has 0 bridgehead atoms. The second-order valence-electron chi connectivity index (χ2n) is 4.61. The van der Waals surface area contributed by atoms with Crippen LogP contribution < -0.4 is 10.1 Å². The number of nitro benzene ring substituents is 1. The Labute approximate surface area is 123 Å². The van der Waals surface area contributed by atoms with Gasteiger partial charge in [-0.3, -0.25) is 14.9 Å². The van der Waals surface area contributed by atoms with Crippen LogP contribution in [0.3, 0.4) is 0 Å². The van der Waals surface area contributed by atoms with Gasteiger partial charge in [-0.1, -0.05) is 19.4 Å². The fraction of sp³-hybridized carbons (Fsp3) is 0.500. The molecule has 7 nitrogen and oxygen atoms in total. The lowest BCUT2D eigenvalue weighted by molar-refractivity contribution is -0.385. The van der Waals surface area contributed by atoms with E-state index in [-0.39, 0.29) is 29.5 Å². The molecule has 0 aliphatic heterocycles. The van der Waals surface area contributed by atoms with Gasteiger partial charge in [0.2, 0.25) is 5.75 Å². The van der Waals surface area contributed by atoms with E-state index in [1.807, 2.05) is 6.92 Å². The maximum absolute atomic E-state index is 12.1. The highest BCUT2D eigenvalue weighted by molar-refractivity contribution is 5.98. The van der Waals surface area contributed by atoms with Crippen LogP contribution in [0.2, 0.25) is 0 Å². The van der Waals surface area contributed by atoms with Crippen LogP contribution in [0.25, 0.3) is 0 Å². The van der Waals surface area contributed by atoms with Crippen LogP contribution in [0.15, 0.2) is 18.2 Å². The van der Waals surface area contributed by atoms with E-state index >= 15 is 0 Å². The molecule has 7 heteroatoms. The number of nitrogens with zero attached hydrogens (tertiary/aromatic N) is 1. The average Bonchev–Trinajstić information content (AvgIpc) is 2.49. The van der Waals surface area contributed by atoms with Crippen molar-refractivity contribution in [1.29, 1.82) is 0 Å². The standard InChI is InChI=1S/C14H20N2O5/c1-3-10(7-8-17)9-15-14(18)11-5-4-6-12(16(19)20)13(11)21-2/h4-6,10,17H,3,7-9H2,1-2H3,(H,15,18). The lowest BCUT2D eigenvalue weighted by atomic mass is 10.0. The molecule has 1 rings (SSSR count). The van der Waals surface area contributed by atoms with E-state index < -0.39 is 10.8 Å². The summed E-state index contributed by atoms with van der Waals surface area (Å²) in [6.07, 6.45) is 1.43. The third-order valence-electron chi connectivity index (χ3n) is 3.31. The Balaban J connectivity index is 2.87. The first-order valence-electron chi connectivity index (χ1n) is 6.75. The van der Waals surface area contributed by atoms with E-state index in [0.717, 1.165) is 6.42 Å². The quantitative estimate of drug-likeness (QED) is 0.562. The second kappa shape index (κ2) is 8.21. The van der Waals surface area contributed by atoms with Crippen LogP contribution in [-0.2, 0) is 0 Å². The Morgan fingerprint density at radius 3 is 2.76 bits per heavy atom. The zero-order valence-electron chi connectivity index (χ0n) is 12.2. The molecule has 0 saturated carbocycles. The fourth-order valence-electron chi connectivity index (χ4n) is 2.03. The lowest BCUT2D eigenvalue weighted by Crippen LogP contribution is -2.30. The summed E-state index contributed by atoms with van der Waals surface area (Å²) in [5.74, 6) is -0.300. The molecule has 1 atom stereocenters. The molecular formula is C14H20N2O5. The van der Waals surface area contributed by atoms with Crippen molar-refractivity contribution >= 4 is 11.6 Å². The second-order valence-corrected chi connectivity index (χ2v) is 4.61. The molecule has 1 amide bonds. The van der Waals surface area contributed by atoms with E-state index in [1.54, 1.807) is 0 Å². The number of nitro groups is 1. The van der Waals surface area contributed by atoms with Crippen molar-refractivity contribution in [3.8, 4) is 5.75 Å². The maximum Gasteiger partial charge on any atom is 0.311 e. The van der Waals surface area contributed by atoms with Gasteiger partial charge in [-0.05, 0) is 18.4 Å².